The van der Waals surface area contributed by atoms with E-state index >= 15 is 0 Å². The van der Waals surface area contributed by atoms with E-state index in [-0.39, 0.29) is 17.9 Å². The minimum atomic E-state index is -0.355. The van der Waals surface area contributed by atoms with E-state index in [2.05, 4.69) is 16.0 Å². The van der Waals surface area contributed by atoms with Crippen LogP contribution in [0.1, 0.15) is 22.8 Å². The maximum absolute atomic E-state index is 12.2. The van der Waals surface area contributed by atoms with Crippen LogP contribution in [0, 0.1) is 6.92 Å². The molecule has 0 aliphatic carbocycles. The molecule has 3 N–H and O–H groups in total. The molecule has 1 fully saturated rings. The molecule has 1 aliphatic rings. The molecule has 2 amide bonds. The maximum atomic E-state index is 12.2. The summed E-state index contributed by atoms with van der Waals surface area (Å²) in [6.45, 7) is 5.97. The van der Waals surface area contributed by atoms with Crippen molar-refractivity contribution in [3.63, 3.8) is 0 Å². The van der Waals surface area contributed by atoms with Gasteiger partial charge in [0.15, 0.2) is 0 Å². The van der Waals surface area contributed by atoms with Crippen molar-refractivity contribution in [3.8, 4) is 0 Å². The third kappa shape index (κ3) is 4.03. The van der Waals surface area contributed by atoms with E-state index in [1.54, 1.807) is 12.1 Å². The van der Waals surface area contributed by atoms with E-state index in [4.69, 9.17) is 4.74 Å². The number of amides is 2. The lowest BCUT2D eigenvalue weighted by Crippen LogP contribution is -2.48. The second kappa shape index (κ2) is 7.19. The molecule has 1 aromatic rings. The molecule has 0 bridgehead atoms. The fourth-order valence-corrected chi connectivity index (χ4v) is 2.11. The lowest BCUT2D eigenvalue weighted by molar-refractivity contribution is -0.120. The van der Waals surface area contributed by atoms with Crippen LogP contribution in [0.15, 0.2) is 18.2 Å². The Bertz CT molecular complexity index is 525. The van der Waals surface area contributed by atoms with Crippen molar-refractivity contribution >= 4 is 17.5 Å². The van der Waals surface area contributed by atoms with Gasteiger partial charge >= 0.3 is 0 Å². The number of hydrogen-bond acceptors (Lipinski definition) is 4. The zero-order valence-electron chi connectivity index (χ0n) is 12.4. The quantitative estimate of drug-likeness (QED) is 0.762. The van der Waals surface area contributed by atoms with Gasteiger partial charge < -0.3 is 20.7 Å². The molecule has 1 aliphatic heterocycles. The van der Waals surface area contributed by atoms with E-state index < -0.39 is 0 Å². The Morgan fingerprint density at radius 3 is 2.90 bits per heavy atom. The summed E-state index contributed by atoms with van der Waals surface area (Å²) in [4.78, 5) is 24.0. The first-order valence-electron chi connectivity index (χ1n) is 7.12. The second-order valence-corrected chi connectivity index (χ2v) is 4.96. The molecule has 6 nitrogen and oxygen atoms in total. The molecule has 0 saturated carbocycles. The molecule has 1 saturated heterocycles. The van der Waals surface area contributed by atoms with E-state index in [0.717, 1.165) is 5.56 Å². The number of morpholine rings is 1. The van der Waals surface area contributed by atoms with Crippen LogP contribution in [0.3, 0.4) is 0 Å². The summed E-state index contributed by atoms with van der Waals surface area (Å²) in [5, 5.41) is 8.70. The van der Waals surface area contributed by atoms with Crippen LogP contribution in [0.2, 0.25) is 0 Å². The van der Waals surface area contributed by atoms with Gasteiger partial charge in [-0.1, -0.05) is 6.07 Å². The summed E-state index contributed by atoms with van der Waals surface area (Å²) in [5.74, 6) is -0.294. The van der Waals surface area contributed by atoms with Crippen LogP contribution in [-0.2, 0) is 9.53 Å². The summed E-state index contributed by atoms with van der Waals surface area (Å²) in [5.41, 5.74) is 2.09. The number of nitrogens with one attached hydrogen (secondary N) is 3. The summed E-state index contributed by atoms with van der Waals surface area (Å²) < 4.78 is 5.28. The molecular weight excluding hydrogens is 270 g/mol. The Balaban J connectivity index is 2.09. The number of aryl methyl sites for hydroxylation is 1. The minimum absolute atomic E-state index is 0.146. The van der Waals surface area contributed by atoms with Gasteiger partial charge in [0.2, 0.25) is 5.91 Å². The molecule has 0 spiro atoms. The second-order valence-electron chi connectivity index (χ2n) is 4.96. The standard InChI is InChI=1S/C15H21N3O3/c1-3-16-14(19)11-5-4-10(2)12(8-11)18-15(20)13-9-21-7-6-17-13/h4-5,8,13,17H,3,6-7,9H2,1-2H3,(H,16,19)(H,18,20). The highest BCUT2D eigenvalue weighted by Gasteiger charge is 2.21. The van der Waals surface area contributed by atoms with Crippen molar-refractivity contribution < 1.29 is 14.3 Å². The predicted molar refractivity (Wildman–Crippen MR) is 80.4 cm³/mol. The Morgan fingerprint density at radius 1 is 1.43 bits per heavy atom. The SMILES string of the molecule is CCNC(=O)c1ccc(C)c(NC(=O)C2COCCN2)c1. The van der Waals surface area contributed by atoms with Crippen molar-refractivity contribution in [2.45, 2.75) is 19.9 Å². The first-order chi connectivity index (χ1) is 10.1. The van der Waals surface area contributed by atoms with Gasteiger partial charge in [-0.25, -0.2) is 0 Å². The van der Waals surface area contributed by atoms with Crippen LogP contribution in [0.25, 0.3) is 0 Å². The van der Waals surface area contributed by atoms with Crippen LogP contribution in [0.4, 0.5) is 5.69 Å². The number of ether oxygens (including phenoxy) is 1. The Hall–Kier alpha value is -1.92. The molecule has 1 heterocycles. The number of carbonyl (C=O) groups excluding carboxylic acids is 2. The fourth-order valence-electron chi connectivity index (χ4n) is 2.11. The first-order valence-corrected chi connectivity index (χ1v) is 7.12. The summed E-state index contributed by atoms with van der Waals surface area (Å²) in [6.07, 6.45) is 0. The molecule has 2 rings (SSSR count). The fraction of sp³-hybridized carbons (Fsp3) is 0.467. The molecule has 1 atom stereocenters. The van der Waals surface area contributed by atoms with Gasteiger partial charge in [-0.2, -0.15) is 0 Å². The van der Waals surface area contributed by atoms with Crippen molar-refractivity contribution in [1.29, 1.82) is 0 Å². The molecule has 1 aromatic carbocycles. The molecule has 114 valence electrons. The molecule has 21 heavy (non-hydrogen) atoms. The van der Waals surface area contributed by atoms with Gasteiger partial charge in [-0.3, -0.25) is 9.59 Å². The zero-order valence-corrected chi connectivity index (χ0v) is 12.4. The van der Waals surface area contributed by atoms with E-state index in [0.29, 0.717) is 37.6 Å². The largest absolute Gasteiger partial charge is 0.378 e. The topological polar surface area (TPSA) is 79.5 Å². The molecule has 1 unspecified atom stereocenters. The van der Waals surface area contributed by atoms with Crippen LogP contribution >= 0.6 is 0 Å². The molecule has 0 aromatic heterocycles. The Morgan fingerprint density at radius 2 is 2.24 bits per heavy atom. The summed E-state index contributed by atoms with van der Waals surface area (Å²) in [6, 6.07) is 4.91. The number of rotatable bonds is 4. The normalized spacial score (nSPS) is 18.1. The third-order valence-corrected chi connectivity index (χ3v) is 3.33. The lowest BCUT2D eigenvalue weighted by Gasteiger charge is -2.23. The van der Waals surface area contributed by atoms with Gasteiger partial charge in [0.1, 0.15) is 6.04 Å². The first kappa shape index (κ1) is 15.5. The number of hydrogen-bond donors (Lipinski definition) is 3. The Labute approximate surface area is 124 Å². The van der Waals surface area contributed by atoms with Crippen molar-refractivity contribution in [2.24, 2.45) is 0 Å². The van der Waals surface area contributed by atoms with Crippen molar-refractivity contribution in [2.75, 3.05) is 31.6 Å². The molecular formula is C15H21N3O3. The predicted octanol–water partition coefficient (Wildman–Crippen LogP) is 0.672. The number of carbonyl (C=O) groups is 2. The van der Waals surface area contributed by atoms with Gasteiger partial charge in [0, 0.05) is 24.3 Å². The van der Waals surface area contributed by atoms with Gasteiger partial charge in [-0.05, 0) is 31.5 Å². The van der Waals surface area contributed by atoms with Gasteiger partial charge in [-0.15, -0.1) is 0 Å². The van der Waals surface area contributed by atoms with Crippen LogP contribution in [-0.4, -0.2) is 44.2 Å². The smallest absolute Gasteiger partial charge is 0.251 e. The number of anilines is 1. The van der Waals surface area contributed by atoms with Crippen molar-refractivity contribution in [3.05, 3.63) is 29.3 Å². The van der Waals surface area contributed by atoms with E-state index in [9.17, 15) is 9.59 Å². The van der Waals surface area contributed by atoms with Crippen LogP contribution in [0.5, 0.6) is 0 Å². The van der Waals surface area contributed by atoms with E-state index in [1.165, 1.54) is 0 Å². The summed E-state index contributed by atoms with van der Waals surface area (Å²) >= 11 is 0. The molecule has 6 heteroatoms. The highest BCUT2D eigenvalue weighted by atomic mass is 16.5. The maximum Gasteiger partial charge on any atom is 0.251 e. The highest BCUT2D eigenvalue weighted by molar-refractivity contribution is 5.99. The molecule has 0 radical (unpaired) electrons. The van der Waals surface area contributed by atoms with E-state index in [1.807, 2.05) is 19.9 Å². The minimum Gasteiger partial charge on any atom is -0.378 e. The highest BCUT2D eigenvalue weighted by Crippen LogP contribution is 2.17. The average molecular weight is 291 g/mol. The Kier molecular flexibility index (Phi) is 5.30. The van der Waals surface area contributed by atoms with Crippen LogP contribution < -0.4 is 16.0 Å². The summed E-state index contributed by atoms with van der Waals surface area (Å²) in [7, 11) is 0. The monoisotopic (exact) mass is 291 g/mol. The number of benzene rings is 1. The zero-order chi connectivity index (χ0) is 15.2. The lowest BCUT2D eigenvalue weighted by atomic mass is 10.1. The third-order valence-electron chi connectivity index (χ3n) is 3.33. The van der Waals surface area contributed by atoms with Crippen molar-refractivity contribution in [1.82, 2.24) is 10.6 Å². The van der Waals surface area contributed by atoms with Gasteiger partial charge in [0.05, 0.1) is 13.2 Å². The average Bonchev–Trinajstić information content (AvgIpc) is 2.50. The van der Waals surface area contributed by atoms with Gasteiger partial charge in [0.25, 0.3) is 5.91 Å².